The van der Waals surface area contributed by atoms with Gasteiger partial charge in [-0.25, -0.2) is 0 Å². The zero-order chi connectivity index (χ0) is 12.3. The predicted octanol–water partition coefficient (Wildman–Crippen LogP) is 2.28. The lowest BCUT2D eigenvalue weighted by Gasteiger charge is -2.19. The van der Waals surface area contributed by atoms with Crippen molar-refractivity contribution in [2.45, 2.75) is 25.9 Å². The Balaban J connectivity index is 2.12. The predicted molar refractivity (Wildman–Crippen MR) is 73.6 cm³/mol. The van der Waals surface area contributed by atoms with Crippen LogP contribution in [-0.4, -0.2) is 25.4 Å². The summed E-state index contributed by atoms with van der Waals surface area (Å²) in [4.78, 5) is 13.4. The van der Waals surface area contributed by atoms with Crippen LogP contribution in [0.1, 0.15) is 12.8 Å². The molecule has 2 rings (SSSR count). The quantitative estimate of drug-likeness (QED) is 0.748. The fraction of sp³-hybridized carbons (Fsp3) is 0.357. The lowest BCUT2D eigenvalue weighted by atomic mass is 10.4. The van der Waals surface area contributed by atoms with E-state index in [1.54, 1.807) is 0 Å². The minimum absolute atomic E-state index is 0.263. The van der Waals surface area contributed by atoms with Gasteiger partial charge in [0, 0.05) is 13.0 Å². The van der Waals surface area contributed by atoms with Crippen molar-refractivity contribution >= 4 is 19.2 Å². The van der Waals surface area contributed by atoms with Crippen LogP contribution in [0.15, 0.2) is 42.2 Å². The lowest BCUT2D eigenvalue weighted by Crippen LogP contribution is -2.40. The van der Waals surface area contributed by atoms with Crippen molar-refractivity contribution in [1.29, 1.82) is 0 Å². The molecule has 1 fully saturated rings. The molecule has 17 heavy (non-hydrogen) atoms. The van der Waals surface area contributed by atoms with Crippen LogP contribution in [-0.2, 0) is 4.79 Å². The van der Waals surface area contributed by atoms with Crippen molar-refractivity contribution in [3.8, 4) is 0 Å². The maximum Gasteiger partial charge on any atom is 0.226 e. The Morgan fingerprint density at radius 1 is 1.24 bits per heavy atom. The number of rotatable bonds is 3. The highest BCUT2D eigenvalue weighted by molar-refractivity contribution is 6.93. The second kappa shape index (κ2) is 4.88. The van der Waals surface area contributed by atoms with Crippen molar-refractivity contribution in [3.63, 3.8) is 0 Å². The normalized spacial score (nSPS) is 17.1. The van der Waals surface area contributed by atoms with Gasteiger partial charge in [0.1, 0.15) is 8.07 Å². The summed E-state index contributed by atoms with van der Waals surface area (Å²) in [6.45, 7) is 5.49. The molecule has 90 valence electrons. The fourth-order valence-electron chi connectivity index (χ4n) is 2.07. The molecule has 1 saturated heterocycles. The zero-order valence-corrected chi connectivity index (χ0v) is 11.5. The molecule has 1 amide bonds. The first-order valence-electron chi connectivity index (χ1n) is 6.14. The second-order valence-corrected chi connectivity index (χ2v) is 9.45. The van der Waals surface area contributed by atoms with E-state index in [0.29, 0.717) is 6.42 Å². The van der Waals surface area contributed by atoms with Gasteiger partial charge in [-0.15, -0.1) is 0 Å². The monoisotopic (exact) mass is 245 g/mol. The number of carbonyl (C=O) groups excluding carboxylic acids is 1. The maximum absolute atomic E-state index is 11.5. The van der Waals surface area contributed by atoms with E-state index in [4.69, 9.17) is 0 Å². The average Bonchev–Trinajstić information content (AvgIpc) is 2.74. The number of carbonyl (C=O) groups is 1. The van der Waals surface area contributed by atoms with Crippen molar-refractivity contribution in [3.05, 3.63) is 42.2 Å². The second-order valence-electron chi connectivity index (χ2n) is 5.09. The minimum Gasteiger partial charge on any atom is -0.320 e. The number of benzene rings is 1. The van der Waals surface area contributed by atoms with E-state index in [1.807, 2.05) is 17.2 Å². The zero-order valence-electron chi connectivity index (χ0n) is 10.5. The molecule has 1 aromatic rings. The van der Waals surface area contributed by atoms with Gasteiger partial charge in [-0.05, 0) is 12.6 Å². The highest BCUT2D eigenvalue weighted by Gasteiger charge is 2.22. The summed E-state index contributed by atoms with van der Waals surface area (Å²) >= 11 is 0. The molecule has 0 aromatic heterocycles. The molecular formula is C14H19NOSi. The van der Waals surface area contributed by atoms with E-state index >= 15 is 0 Å². The first kappa shape index (κ1) is 12.1. The Kier molecular flexibility index (Phi) is 3.48. The largest absolute Gasteiger partial charge is 0.320 e. The molecule has 0 unspecified atom stereocenters. The van der Waals surface area contributed by atoms with Gasteiger partial charge in [-0.3, -0.25) is 4.79 Å². The third kappa shape index (κ3) is 2.85. The van der Waals surface area contributed by atoms with Crippen LogP contribution in [0.25, 0.3) is 0 Å². The fourth-order valence-corrected chi connectivity index (χ4v) is 3.86. The number of nitrogens with zero attached hydrogens (tertiary/aromatic N) is 1. The Morgan fingerprint density at radius 3 is 2.53 bits per heavy atom. The summed E-state index contributed by atoms with van der Waals surface area (Å²) in [5, 5.41) is 1.41. The molecule has 1 aliphatic heterocycles. The van der Waals surface area contributed by atoms with Crippen LogP contribution in [0.3, 0.4) is 0 Å². The van der Waals surface area contributed by atoms with E-state index in [-0.39, 0.29) is 5.91 Å². The average molecular weight is 245 g/mol. The highest BCUT2D eigenvalue weighted by Crippen LogP contribution is 2.12. The van der Waals surface area contributed by atoms with Gasteiger partial charge in [0.05, 0.1) is 0 Å². The Hall–Kier alpha value is -1.35. The van der Waals surface area contributed by atoms with E-state index < -0.39 is 8.07 Å². The molecule has 2 nitrogen and oxygen atoms in total. The van der Waals surface area contributed by atoms with Gasteiger partial charge >= 0.3 is 0 Å². The molecular weight excluding hydrogens is 226 g/mol. The smallest absolute Gasteiger partial charge is 0.226 e. The number of hydrogen-bond donors (Lipinski definition) is 0. The van der Waals surface area contributed by atoms with Gasteiger partial charge in [0.25, 0.3) is 0 Å². The first-order chi connectivity index (χ1) is 8.09. The third-order valence-electron chi connectivity index (χ3n) is 3.30. The summed E-state index contributed by atoms with van der Waals surface area (Å²) in [5.74, 6) is 0.263. The first-order valence-corrected chi connectivity index (χ1v) is 9.22. The highest BCUT2D eigenvalue weighted by atomic mass is 28.3. The molecule has 0 aliphatic carbocycles. The number of hydrogen-bond acceptors (Lipinski definition) is 1. The standard InChI is InChI=1S/C14H19NOSi/c1-17(2,13-7-4-3-5-8-13)12-11-15-10-6-9-14(15)16/h3-5,7-8,11-12H,6,9-10H2,1-2H3/b12-11+. The molecule has 0 N–H and O–H groups in total. The Bertz CT molecular complexity index is 425. The molecule has 3 heteroatoms. The van der Waals surface area contributed by atoms with E-state index in [1.165, 1.54) is 5.19 Å². The molecule has 0 radical (unpaired) electrons. The summed E-state index contributed by atoms with van der Waals surface area (Å²) in [5.41, 5.74) is 2.26. The van der Waals surface area contributed by atoms with Crippen molar-refractivity contribution in [2.75, 3.05) is 6.54 Å². The number of amides is 1. The van der Waals surface area contributed by atoms with Crippen LogP contribution in [0.2, 0.25) is 13.1 Å². The molecule has 1 aliphatic rings. The van der Waals surface area contributed by atoms with E-state index in [0.717, 1.165) is 13.0 Å². The summed E-state index contributed by atoms with van der Waals surface area (Å²) in [6, 6.07) is 10.6. The van der Waals surface area contributed by atoms with Gasteiger partial charge in [-0.2, -0.15) is 0 Å². The van der Waals surface area contributed by atoms with E-state index in [9.17, 15) is 4.79 Å². The van der Waals surface area contributed by atoms with Crippen LogP contribution in [0.5, 0.6) is 0 Å². The Morgan fingerprint density at radius 2 is 1.94 bits per heavy atom. The third-order valence-corrected chi connectivity index (χ3v) is 6.10. The van der Waals surface area contributed by atoms with Gasteiger partial charge < -0.3 is 4.90 Å². The van der Waals surface area contributed by atoms with Gasteiger partial charge in [0.15, 0.2) is 0 Å². The molecule has 0 bridgehead atoms. The van der Waals surface area contributed by atoms with Crippen LogP contribution >= 0.6 is 0 Å². The molecule has 0 atom stereocenters. The minimum atomic E-state index is -1.55. The topological polar surface area (TPSA) is 20.3 Å². The Labute approximate surface area is 104 Å². The lowest BCUT2D eigenvalue weighted by molar-refractivity contribution is -0.125. The van der Waals surface area contributed by atoms with Crippen molar-refractivity contribution in [1.82, 2.24) is 4.90 Å². The number of likely N-dealkylation sites (tertiary alicyclic amines) is 1. The molecule has 0 spiro atoms. The van der Waals surface area contributed by atoms with Gasteiger partial charge in [-0.1, -0.05) is 54.3 Å². The summed E-state index contributed by atoms with van der Waals surface area (Å²) < 4.78 is 0. The van der Waals surface area contributed by atoms with Gasteiger partial charge in [0.2, 0.25) is 5.91 Å². The molecule has 1 aromatic carbocycles. The van der Waals surface area contributed by atoms with Crippen molar-refractivity contribution < 1.29 is 4.79 Å². The molecule has 1 heterocycles. The van der Waals surface area contributed by atoms with Crippen LogP contribution < -0.4 is 5.19 Å². The summed E-state index contributed by atoms with van der Waals surface area (Å²) in [7, 11) is -1.55. The summed E-state index contributed by atoms with van der Waals surface area (Å²) in [6.07, 6.45) is 3.71. The van der Waals surface area contributed by atoms with E-state index in [2.05, 4.69) is 43.1 Å². The maximum atomic E-state index is 11.5. The van der Waals surface area contributed by atoms with Crippen LogP contribution in [0.4, 0.5) is 0 Å². The van der Waals surface area contributed by atoms with Crippen molar-refractivity contribution in [2.24, 2.45) is 0 Å². The van der Waals surface area contributed by atoms with Crippen LogP contribution in [0, 0.1) is 0 Å². The SMILES string of the molecule is C[Si](C)(/C=C/N1CCCC1=O)c1ccccc1. The molecule has 0 saturated carbocycles.